The lowest BCUT2D eigenvalue weighted by atomic mass is 10.1. The fraction of sp³-hybridized carbons (Fsp3) is 0.643. The molecule has 1 aromatic rings. The van der Waals surface area contributed by atoms with Gasteiger partial charge in [0.25, 0.3) is 0 Å². The van der Waals surface area contributed by atoms with Crippen molar-refractivity contribution in [1.29, 1.82) is 0 Å². The summed E-state index contributed by atoms with van der Waals surface area (Å²) in [6.45, 7) is 10.6. The molecule has 0 aliphatic rings. The normalized spacial score (nSPS) is 11.3. The quantitative estimate of drug-likeness (QED) is 0.859. The number of anilines is 1. The van der Waals surface area contributed by atoms with Crippen LogP contribution < -0.4 is 10.2 Å². The van der Waals surface area contributed by atoms with Gasteiger partial charge in [0, 0.05) is 25.3 Å². The van der Waals surface area contributed by atoms with Crippen molar-refractivity contribution in [3.05, 3.63) is 22.8 Å². The number of nitrogens with one attached hydrogen (secondary N) is 1. The maximum absolute atomic E-state index is 6.14. The molecule has 0 aromatic carbocycles. The Morgan fingerprint density at radius 3 is 2.50 bits per heavy atom. The second kappa shape index (κ2) is 6.95. The van der Waals surface area contributed by atoms with Gasteiger partial charge in [-0.1, -0.05) is 25.4 Å². The number of hydrogen-bond donors (Lipinski definition) is 1. The first-order valence-electron chi connectivity index (χ1n) is 6.51. The van der Waals surface area contributed by atoms with E-state index in [0.717, 1.165) is 29.5 Å². The number of hydrogen-bond acceptors (Lipinski definition) is 3. The van der Waals surface area contributed by atoms with Gasteiger partial charge in [-0.15, -0.1) is 0 Å². The molecule has 1 heterocycles. The third kappa shape index (κ3) is 4.14. The largest absolute Gasteiger partial charge is 0.354 e. The topological polar surface area (TPSA) is 28.2 Å². The average Bonchev–Trinajstić information content (AvgIpc) is 2.29. The predicted octanol–water partition coefficient (Wildman–Crippen LogP) is 3.33. The van der Waals surface area contributed by atoms with Gasteiger partial charge in [0.15, 0.2) is 0 Å². The minimum Gasteiger partial charge on any atom is -0.354 e. The first-order chi connectivity index (χ1) is 8.45. The Labute approximate surface area is 116 Å². The number of nitrogens with zero attached hydrogens (tertiary/aromatic N) is 2. The van der Waals surface area contributed by atoms with E-state index in [9.17, 15) is 0 Å². The standard InChI is InChI=1S/C14H24ClN3/c1-10(2)9-18(11(3)4)14-6-12(7-16-5)13(15)8-17-14/h6,8,10-11,16H,7,9H2,1-5H3. The summed E-state index contributed by atoms with van der Waals surface area (Å²) < 4.78 is 0. The third-order valence-corrected chi connectivity index (χ3v) is 3.11. The third-order valence-electron chi connectivity index (χ3n) is 2.77. The minimum atomic E-state index is 0.434. The molecule has 0 aliphatic heterocycles. The molecule has 4 heteroatoms. The molecule has 0 saturated heterocycles. The monoisotopic (exact) mass is 269 g/mol. The molecule has 0 saturated carbocycles. The van der Waals surface area contributed by atoms with E-state index in [2.05, 4.69) is 49.0 Å². The van der Waals surface area contributed by atoms with Gasteiger partial charge in [0.2, 0.25) is 0 Å². The molecule has 0 unspecified atom stereocenters. The highest BCUT2D eigenvalue weighted by Gasteiger charge is 2.14. The Hall–Kier alpha value is -0.800. The molecule has 0 aliphatic carbocycles. The second-order valence-electron chi connectivity index (χ2n) is 5.30. The van der Waals surface area contributed by atoms with Crippen molar-refractivity contribution >= 4 is 17.4 Å². The lowest BCUT2D eigenvalue weighted by molar-refractivity contribution is 0.566. The van der Waals surface area contributed by atoms with Crippen LogP contribution in [-0.2, 0) is 6.54 Å². The highest BCUT2D eigenvalue weighted by Crippen LogP contribution is 2.22. The van der Waals surface area contributed by atoms with Gasteiger partial charge < -0.3 is 10.2 Å². The van der Waals surface area contributed by atoms with Crippen LogP contribution in [-0.4, -0.2) is 24.6 Å². The molecule has 3 nitrogen and oxygen atoms in total. The Morgan fingerprint density at radius 2 is 2.00 bits per heavy atom. The summed E-state index contributed by atoms with van der Waals surface area (Å²) in [7, 11) is 1.92. The molecular formula is C14H24ClN3. The number of pyridine rings is 1. The summed E-state index contributed by atoms with van der Waals surface area (Å²) in [6.07, 6.45) is 1.75. The van der Waals surface area contributed by atoms with Crippen molar-refractivity contribution in [2.45, 2.75) is 40.3 Å². The number of aromatic nitrogens is 1. The number of halogens is 1. The molecule has 0 fully saturated rings. The van der Waals surface area contributed by atoms with Crippen LogP contribution in [0.3, 0.4) is 0 Å². The fourth-order valence-corrected chi connectivity index (χ4v) is 2.08. The lowest BCUT2D eigenvalue weighted by Crippen LogP contribution is -2.34. The summed E-state index contributed by atoms with van der Waals surface area (Å²) in [6, 6.07) is 2.52. The van der Waals surface area contributed by atoms with E-state index < -0.39 is 0 Å². The molecular weight excluding hydrogens is 246 g/mol. The summed E-state index contributed by atoms with van der Waals surface area (Å²) in [5.74, 6) is 1.62. The second-order valence-corrected chi connectivity index (χ2v) is 5.71. The Balaban J connectivity index is 3.01. The molecule has 102 valence electrons. The van der Waals surface area contributed by atoms with E-state index in [1.165, 1.54) is 0 Å². The van der Waals surface area contributed by atoms with Crippen LogP contribution in [0.2, 0.25) is 5.02 Å². The summed E-state index contributed by atoms with van der Waals surface area (Å²) in [5.41, 5.74) is 1.10. The SMILES string of the molecule is CNCc1cc(N(CC(C)C)C(C)C)ncc1Cl. The van der Waals surface area contributed by atoms with Crippen molar-refractivity contribution in [3.8, 4) is 0 Å². The van der Waals surface area contributed by atoms with Crippen LogP contribution in [0.15, 0.2) is 12.3 Å². The first kappa shape index (κ1) is 15.3. The summed E-state index contributed by atoms with van der Waals surface area (Å²) in [4.78, 5) is 6.78. The van der Waals surface area contributed by atoms with E-state index >= 15 is 0 Å². The van der Waals surface area contributed by atoms with Crippen LogP contribution in [0, 0.1) is 5.92 Å². The zero-order valence-corrected chi connectivity index (χ0v) is 12.8. The Bertz CT molecular complexity index is 377. The Kier molecular flexibility index (Phi) is 5.89. The molecule has 0 spiro atoms. The minimum absolute atomic E-state index is 0.434. The van der Waals surface area contributed by atoms with Gasteiger partial charge in [-0.25, -0.2) is 4.98 Å². The molecule has 18 heavy (non-hydrogen) atoms. The highest BCUT2D eigenvalue weighted by atomic mass is 35.5. The fourth-order valence-electron chi connectivity index (χ4n) is 1.91. The van der Waals surface area contributed by atoms with Crippen LogP contribution in [0.4, 0.5) is 5.82 Å². The zero-order valence-electron chi connectivity index (χ0n) is 12.0. The molecule has 0 radical (unpaired) electrons. The predicted molar refractivity (Wildman–Crippen MR) is 79.3 cm³/mol. The van der Waals surface area contributed by atoms with E-state index in [0.29, 0.717) is 12.0 Å². The van der Waals surface area contributed by atoms with Crippen LogP contribution >= 0.6 is 11.6 Å². The zero-order chi connectivity index (χ0) is 13.7. The molecule has 1 N–H and O–H groups in total. The smallest absolute Gasteiger partial charge is 0.129 e. The first-order valence-corrected chi connectivity index (χ1v) is 6.89. The van der Waals surface area contributed by atoms with Gasteiger partial charge in [0.1, 0.15) is 5.82 Å². The maximum atomic E-state index is 6.14. The van der Waals surface area contributed by atoms with Crippen molar-refractivity contribution in [2.24, 2.45) is 5.92 Å². The van der Waals surface area contributed by atoms with E-state index in [-0.39, 0.29) is 0 Å². The van der Waals surface area contributed by atoms with E-state index in [4.69, 9.17) is 11.6 Å². The van der Waals surface area contributed by atoms with Gasteiger partial charge in [-0.2, -0.15) is 0 Å². The van der Waals surface area contributed by atoms with Crippen LogP contribution in [0.25, 0.3) is 0 Å². The van der Waals surface area contributed by atoms with Crippen molar-refractivity contribution in [1.82, 2.24) is 10.3 Å². The van der Waals surface area contributed by atoms with Gasteiger partial charge in [-0.05, 0) is 38.4 Å². The number of rotatable bonds is 6. The van der Waals surface area contributed by atoms with E-state index in [1.54, 1.807) is 6.20 Å². The summed E-state index contributed by atoms with van der Waals surface area (Å²) >= 11 is 6.14. The van der Waals surface area contributed by atoms with Crippen molar-refractivity contribution < 1.29 is 0 Å². The summed E-state index contributed by atoms with van der Waals surface area (Å²) in [5, 5.41) is 3.85. The lowest BCUT2D eigenvalue weighted by Gasteiger charge is -2.30. The average molecular weight is 270 g/mol. The Morgan fingerprint density at radius 1 is 1.33 bits per heavy atom. The van der Waals surface area contributed by atoms with Crippen LogP contribution in [0.5, 0.6) is 0 Å². The van der Waals surface area contributed by atoms with Crippen molar-refractivity contribution in [2.75, 3.05) is 18.5 Å². The molecule has 1 aromatic heterocycles. The van der Waals surface area contributed by atoms with Gasteiger partial charge >= 0.3 is 0 Å². The highest BCUT2D eigenvalue weighted by molar-refractivity contribution is 6.31. The van der Waals surface area contributed by atoms with E-state index in [1.807, 2.05) is 7.05 Å². The molecule has 0 bridgehead atoms. The van der Waals surface area contributed by atoms with Gasteiger partial charge in [-0.3, -0.25) is 0 Å². The molecule has 0 amide bonds. The van der Waals surface area contributed by atoms with Crippen LogP contribution in [0.1, 0.15) is 33.3 Å². The maximum Gasteiger partial charge on any atom is 0.129 e. The molecule has 1 rings (SSSR count). The van der Waals surface area contributed by atoms with Crippen molar-refractivity contribution in [3.63, 3.8) is 0 Å². The van der Waals surface area contributed by atoms with Gasteiger partial charge in [0.05, 0.1) is 5.02 Å². The molecule has 0 atom stereocenters.